The summed E-state index contributed by atoms with van der Waals surface area (Å²) in [4.78, 5) is 13.4. The maximum atomic E-state index is 8.95. The van der Waals surface area contributed by atoms with Crippen molar-refractivity contribution in [3.05, 3.63) is 65.3 Å². The van der Waals surface area contributed by atoms with Crippen LogP contribution >= 0.6 is 11.6 Å². The van der Waals surface area contributed by atoms with Crippen molar-refractivity contribution in [2.75, 3.05) is 23.8 Å². The van der Waals surface area contributed by atoms with Gasteiger partial charge in [0.15, 0.2) is 0 Å². The summed E-state index contributed by atoms with van der Waals surface area (Å²) in [6.45, 7) is 1.26. The average molecular weight is 370 g/mol. The van der Waals surface area contributed by atoms with Gasteiger partial charge >= 0.3 is 0 Å². The van der Waals surface area contributed by atoms with E-state index < -0.39 is 0 Å². The number of nitrogens with one attached hydrogen (secondary N) is 2. The Morgan fingerprint density at radius 1 is 0.962 bits per heavy atom. The lowest BCUT2D eigenvalue weighted by atomic mass is 10.2. The molecule has 134 valence electrons. The first-order chi connectivity index (χ1) is 12.8. The summed E-state index contributed by atoms with van der Waals surface area (Å²) in [6.07, 6.45) is 2.35. The number of aliphatic hydroxyl groups is 1. The first kappa shape index (κ1) is 18.1. The van der Waals surface area contributed by atoms with E-state index in [1.165, 1.54) is 0 Å². The largest absolute Gasteiger partial charge is 0.396 e. The van der Waals surface area contributed by atoms with Gasteiger partial charge in [0.25, 0.3) is 0 Å². The summed E-state index contributed by atoms with van der Waals surface area (Å²) in [6, 6.07) is 15.2. The lowest BCUT2D eigenvalue weighted by molar-refractivity contribution is 0.292. The van der Waals surface area contributed by atoms with Gasteiger partial charge in [-0.1, -0.05) is 35.9 Å². The molecule has 0 radical (unpaired) electrons. The Bertz CT molecular complexity index is 844. The molecule has 0 saturated heterocycles. The summed E-state index contributed by atoms with van der Waals surface area (Å²) in [5.41, 5.74) is 2.47. The van der Waals surface area contributed by atoms with E-state index in [-0.39, 0.29) is 6.61 Å². The molecule has 0 aliphatic rings. The molecular weight excluding hydrogens is 350 g/mol. The number of hydrogen-bond donors (Lipinski definition) is 3. The molecule has 0 unspecified atom stereocenters. The lowest BCUT2D eigenvalue weighted by Gasteiger charge is -2.11. The summed E-state index contributed by atoms with van der Waals surface area (Å²) >= 11 is 6.21. The number of anilines is 2. The molecule has 3 aromatic rings. The zero-order chi connectivity index (χ0) is 18.2. The molecule has 3 rings (SSSR count). The molecule has 0 atom stereocenters. The molecule has 0 aliphatic heterocycles. The van der Waals surface area contributed by atoms with Crippen molar-refractivity contribution in [1.82, 2.24) is 15.0 Å². The van der Waals surface area contributed by atoms with Crippen LogP contribution in [0.2, 0.25) is 5.02 Å². The molecule has 7 heteroatoms. The number of pyridine rings is 1. The summed E-state index contributed by atoms with van der Waals surface area (Å²) in [7, 11) is 0. The van der Waals surface area contributed by atoms with E-state index in [9.17, 15) is 0 Å². The SMILES string of the molecule is OCCCNc1nc(NCc2ccccc2Cl)cc(-c2ccccn2)n1. The van der Waals surface area contributed by atoms with E-state index in [4.69, 9.17) is 16.7 Å². The second-order valence-electron chi connectivity index (χ2n) is 5.63. The normalized spacial score (nSPS) is 10.5. The highest BCUT2D eigenvalue weighted by Gasteiger charge is 2.08. The van der Waals surface area contributed by atoms with Gasteiger partial charge in [-0.05, 0) is 30.2 Å². The standard InChI is InChI=1S/C19H20ClN5O/c20-15-7-2-1-6-14(15)13-23-18-12-17(16-8-3-4-9-21-16)24-19(25-18)22-10-5-11-26/h1-4,6-9,12,26H,5,10-11,13H2,(H2,22,23,24,25). The smallest absolute Gasteiger partial charge is 0.225 e. The third kappa shape index (κ3) is 4.91. The molecule has 0 bridgehead atoms. The van der Waals surface area contributed by atoms with Crippen LogP contribution in [0.5, 0.6) is 0 Å². The number of aliphatic hydroxyl groups excluding tert-OH is 1. The predicted molar refractivity (Wildman–Crippen MR) is 104 cm³/mol. The summed E-state index contributed by atoms with van der Waals surface area (Å²) in [5, 5.41) is 16.1. The van der Waals surface area contributed by atoms with Gasteiger partial charge in [-0.3, -0.25) is 4.98 Å². The van der Waals surface area contributed by atoms with Crippen LogP contribution in [0.1, 0.15) is 12.0 Å². The van der Waals surface area contributed by atoms with Crippen molar-refractivity contribution in [2.45, 2.75) is 13.0 Å². The Hall–Kier alpha value is -2.70. The van der Waals surface area contributed by atoms with Crippen molar-refractivity contribution in [1.29, 1.82) is 0 Å². The van der Waals surface area contributed by atoms with Gasteiger partial charge in [-0.15, -0.1) is 0 Å². The number of hydrogen-bond acceptors (Lipinski definition) is 6. The van der Waals surface area contributed by atoms with E-state index in [0.29, 0.717) is 42.0 Å². The van der Waals surface area contributed by atoms with Crippen LogP contribution in [0.25, 0.3) is 11.4 Å². The minimum atomic E-state index is 0.116. The average Bonchev–Trinajstić information content (AvgIpc) is 2.68. The minimum absolute atomic E-state index is 0.116. The van der Waals surface area contributed by atoms with Crippen LogP contribution in [0, 0.1) is 0 Å². The first-order valence-corrected chi connectivity index (χ1v) is 8.76. The zero-order valence-corrected chi connectivity index (χ0v) is 14.9. The van der Waals surface area contributed by atoms with E-state index in [0.717, 1.165) is 11.3 Å². The number of halogens is 1. The second kappa shape index (κ2) is 9.12. The Balaban J connectivity index is 1.83. The van der Waals surface area contributed by atoms with E-state index in [1.54, 1.807) is 6.20 Å². The van der Waals surface area contributed by atoms with Gasteiger partial charge in [0, 0.05) is 37.0 Å². The Morgan fingerprint density at radius 2 is 1.81 bits per heavy atom. The van der Waals surface area contributed by atoms with Crippen LogP contribution < -0.4 is 10.6 Å². The third-order valence-electron chi connectivity index (χ3n) is 3.69. The Morgan fingerprint density at radius 3 is 2.58 bits per heavy atom. The van der Waals surface area contributed by atoms with E-state index in [1.807, 2.05) is 48.5 Å². The molecule has 6 nitrogen and oxygen atoms in total. The van der Waals surface area contributed by atoms with Gasteiger partial charge < -0.3 is 15.7 Å². The van der Waals surface area contributed by atoms with Gasteiger partial charge in [0.1, 0.15) is 5.82 Å². The highest BCUT2D eigenvalue weighted by Crippen LogP contribution is 2.21. The van der Waals surface area contributed by atoms with Crippen molar-refractivity contribution >= 4 is 23.4 Å². The second-order valence-corrected chi connectivity index (χ2v) is 6.03. The van der Waals surface area contributed by atoms with E-state index in [2.05, 4.69) is 25.6 Å². The molecule has 2 aromatic heterocycles. The molecule has 0 saturated carbocycles. The van der Waals surface area contributed by atoms with Gasteiger partial charge in [-0.2, -0.15) is 4.98 Å². The monoisotopic (exact) mass is 369 g/mol. The number of aromatic nitrogens is 3. The fraction of sp³-hybridized carbons (Fsp3) is 0.211. The topological polar surface area (TPSA) is 83.0 Å². The number of benzene rings is 1. The highest BCUT2D eigenvalue weighted by atomic mass is 35.5. The van der Waals surface area contributed by atoms with Crippen LogP contribution in [-0.4, -0.2) is 33.2 Å². The minimum Gasteiger partial charge on any atom is -0.396 e. The molecule has 0 fully saturated rings. The van der Waals surface area contributed by atoms with Crippen molar-refractivity contribution < 1.29 is 5.11 Å². The quantitative estimate of drug-likeness (QED) is 0.526. The molecule has 0 amide bonds. The summed E-state index contributed by atoms with van der Waals surface area (Å²) < 4.78 is 0. The molecular formula is C19H20ClN5O. The maximum absolute atomic E-state index is 8.95. The van der Waals surface area contributed by atoms with Gasteiger partial charge in [0.2, 0.25) is 5.95 Å². The van der Waals surface area contributed by atoms with E-state index >= 15 is 0 Å². The first-order valence-electron chi connectivity index (χ1n) is 8.39. The molecule has 0 spiro atoms. The molecule has 3 N–H and O–H groups in total. The predicted octanol–water partition coefficient (Wildman–Crippen LogP) is 3.60. The molecule has 26 heavy (non-hydrogen) atoms. The number of rotatable bonds is 8. The zero-order valence-electron chi connectivity index (χ0n) is 14.2. The van der Waals surface area contributed by atoms with Gasteiger partial charge in [0.05, 0.1) is 11.4 Å². The highest BCUT2D eigenvalue weighted by molar-refractivity contribution is 6.31. The van der Waals surface area contributed by atoms with Crippen LogP contribution in [-0.2, 0) is 6.54 Å². The number of nitrogens with zero attached hydrogens (tertiary/aromatic N) is 3. The maximum Gasteiger partial charge on any atom is 0.225 e. The van der Waals surface area contributed by atoms with Crippen molar-refractivity contribution in [3.63, 3.8) is 0 Å². The van der Waals surface area contributed by atoms with Crippen LogP contribution in [0.15, 0.2) is 54.7 Å². The van der Waals surface area contributed by atoms with Crippen molar-refractivity contribution in [3.8, 4) is 11.4 Å². The van der Waals surface area contributed by atoms with Gasteiger partial charge in [-0.25, -0.2) is 4.98 Å². The van der Waals surface area contributed by atoms with Crippen molar-refractivity contribution in [2.24, 2.45) is 0 Å². The molecule has 2 heterocycles. The molecule has 0 aliphatic carbocycles. The Kier molecular flexibility index (Phi) is 6.35. The summed E-state index contributed by atoms with van der Waals surface area (Å²) in [5.74, 6) is 1.16. The fourth-order valence-corrected chi connectivity index (χ4v) is 2.57. The lowest BCUT2D eigenvalue weighted by Crippen LogP contribution is -2.10. The fourth-order valence-electron chi connectivity index (χ4n) is 2.37. The van der Waals surface area contributed by atoms with Crippen LogP contribution in [0.4, 0.5) is 11.8 Å². The third-order valence-corrected chi connectivity index (χ3v) is 4.06. The molecule has 1 aromatic carbocycles. The van der Waals surface area contributed by atoms with Crippen LogP contribution in [0.3, 0.4) is 0 Å². The Labute approximate surface area is 157 Å².